The second kappa shape index (κ2) is 4.41. The van der Waals surface area contributed by atoms with Crippen LogP contribution < -0.4 is 5.46 Å². The van der Waals surface area contributed by atoms with Crippen LogP contribution in [0.3, 0.4) is 0 Å². The fraction of sp³-hybridized carbons (Fsp3) is 0.222. The van der Waals surface area contributed by atoms with E-state index in [4.69, 9.17) is 26.0 Å². The summed E-state index contributed by atoms with van der Waals surface area (Å²) in [7, 11) is -0.852. The van der Waals surface area contributed by atoms with Crippen molar-refractivity contribution in [2.45, 2.75) is 0 Å². The van der Waals surface area contributed by atoms with E-state index in [0.717, 1.165) is 12.1 Å². The Bertz CT molecular complexity index is 434. The largest absolute Gasteiger partial charge is 0.497 e. The first-order valence-corrected chi connectivity index (χ1v) is 4.93. The molecule has 1 fully saturated rings. The van der Waals surface area contributed by atoms with Gasteiger partial charge < -0.3 is 14.4 Å². The zero-order valence-electron chi connectivity index (χ0n) is 8.07. The van der Waals surface area contributed by atoms with Crippen molar-refractivity contribution in [2.24, 2.45) is 0 Å². The zero-order valence-corrected chi connectivity index (χ0v) is 8.83. The summed E-state index contributed by atoms with van der Waals surface area (Å²) in [5.74, 6) is -1.86. The van der Waals surface area contributed by atoms with Gasteiger partial charge in [-0.25, -0.2) is 9.18 Å². The highest BCUT2D eigenvalue weighted by Gasteiger charge is 2.30. The molecular formula is C9H7BClFO4. The molecule has 2 rings (SSSR count). The van der Waals surface area contributed by atoms with Crippen molar-refractivity contribution >= 4 is 30.2 Å². The van der Waals surface area contributed by atoms with Gasteiger partial charge in [-0.05, 0) is 12.1 Å². The van der Waals surface area contributed by atoms with E-state index >= 15 is 0 Å². The minimum Gasteiger partial charge on any atom is -0.478 e. The van der Waals surface area contributed by atoms with Crippen LogP contribution in [0, 0.1) is 5.82 Å². The number of carbonyl (C=O) groups is 1. The van der Waals surface area contributed by atoms with Crippen LogP contribution in [0.15, 0.2) is 12.1 Å². The molecule has 0 saturated carbocycles. The molecule has 0 unspecified atom stereocenters. The van der Waals surface area contributed by atoms with E-state index in [2.05, 4.69) is 0 Å². The van der Waals surface area contributed by atoms with E-state index in [1.54, 1.807) is 0 Å². The first-order valence-electron chi connectivity index (χ1n) is 4.55. The number of benzene rings is 1. The van der Waals surface area contributed by atoms with Crippen LogP contribution in [0.4, 0.5) is 4.39 Å². The number of hydrogen-bond acceptors (Lipinski definition) is 3. The summed E-state index contributed by atoms with van der Waals surface area (Å²) in [6.45, 7) is 0.713. The molecule has 0 amide bonds. The molecule has 1 aromatic carbocycles. The average molecular weight is 244 g/mol. The fourth-order valence-electron chi connectivity index (χ4n) is 1.45. The Labute approximate surface area is 96.1 Å². The Balaban J connectivity index is 2.44. The SMILES string of the molecule is O=C(O)c1cc(B2OCCO2)c(F)cc1Cl. The van der Waals surface area contributed by atoms with Crippen LogP contribution in [0.25, 0.3) is 0 Å². The molecular weight excluding hydrogens is 237 g/mol. The molecule has 1 heterocycles. The molecule has 0 spiro atoms. The Hall–Kier alpha value is -1.11. The van der Waals surface area contributed by atoms with Gasteiger partial charge in [0.1, 0.15) is 5.82 Å². The number of carboxylic acids is 1. The van der Waals surface area contributed by atoms with Gasteiger partial charge in [-0.3, -0.25) is 0 Å². The van der Waals surface area contributed by atoms with Gasteiger partial charge in [0, 0.05) is 5.46 Å². The van der Waals surface area contributed by atoms with Gasteiger partial charge in [-0.1, -0.05) is 11.6 Å². The van der Waals surface area contributed by atoms with Gasteiger partial charge in [0.15, 0.2) is 0 Å². The summed E-state index contributed by atoms with van der Waals surface area (Å²) >= 11 is 5.60. The summed E-state index contributed by atoms with van der Waals surface area (Å²) in [5.41, 5.74) is -0.114. The lowest BCUT2D eigenvalue weighted by atomic mass is 9.78. The predicted molar refractivity (Wildman–Crippen MR) is 55.7 cm³/mol. The van der Waals surface area contributed by atoms with Gasteiger partial charge in [0.2, 0.25) is 0 Å². The topological polar surface area (TPSA) is 55.8 Å². The van der Waals surface area contributed by atoms with Crippen LogP contribution in [0.1, 0.15) is 10.4 Å². The van der Waals surface area contributed by atoms with Crippen molar-refractivity contribution in [2.75, 3.05) is 13.2 Å². The van der Waals surface area contributed by atoms with Crippen molar-refractivity contribution in [3.63, 3.8) is 0 Å². The summed E-state index contributed by atoms with van der Waals surface area (Å²) in [4.78, 5) is 10.8. The maximum absolute atomic E-state index is 13.5. The number of halogens is 2. The van der Waals surface area contributed by atoms with Crippen LogP contribution in [-0.4, -0.2) is 31.4 Å². The van der Waals surface area contributed by atoms with Gasteiger partial charge >= 0.3 is 13.1 Å². The quantitative estimate of drug-likeness (QED) is 0.786. The second-order valence-electron chi connectivity index (χ2n) is 3.23. The lowest BCUT2D eigenvalue weighted by Gasteiger charge is -2.08. The highest BCUT2D eigenvalue weighted by atomic mass is 35.5. The normalized spacial score (nSPS) is 15.5. The van der Waals surface area contributed by atoms with E-state index in [9.17, 15) is 9.18 Å². The fourth-order valence-corrected chi connectivity index (χ4v) is 1.68. The highest BCUT2D eigenvalue weighted by molar-refractivity contribution is 6.62. The predicted octanol–water partition coefficient (Wildman–Crippen LogP) is 0.919. The molecule has 1 aliphatic rings. The lowest BCUT2D eigenvalue weighted by Crippen LogP contribution is -2.35. The maximum atomic E-state index is 13.5. The monoisotopic (exact) mass is 244 g/mol. The number of carboxylic acid groups (broad SMARTS) is 1. The molecule has 16 heavy (non-hydrogen) atoms. The molecule has 1 aliphatic heterocycles. The third-order valence-electron chi connectivity index (χ3n) is 2.19. The van der Waals surface area contributed by atoms with E-state index < -0.39 is 18.9 Å². The second-order valence-corrected chi connectivity index (χ2v) is 3.64. The van der Waals surface area contributed by atoms with Crippen molar-refractivity contribution in [1.29, 1.82) is 0 Å². The maximum Gasteiger partial charge on any atom is 0.497 e. The van der Waals surface area contributed by atoms with Gasteiger partial charge in [-0.2, -0.15) is 0 Å². The third kappa shape index (κ3) is 2.04. The minimum atomic E-state index is -1.22. The summed E-state index contributed by atoms with van der Waals surface area (Å²) in [6, 6.07) is 2.08. The first kappa shape index (κ1) is 11.4. The van der Waals surface area contributed by atoms with E-state index in [1.165, 1.54) is 0 Å². The van der Waals surface area contributed by atoms with Gasteiger partial charge in [0.05, 0.1) is 23.8 Å². The Morgan fingerprint density at radius 3 is 2.62 bits per heavy atom. The smallest absolute Gasteiger partial charge is 0.478 e. The van der Waals surface area contributed by atoms with E-state index in [-0.39, 0.29) is 16.0 Å². The summed E-state index contributed by atoms with van der Waals surface area (Å²) in [5, 5.41) is 8.69. The molecule has 1 aromatic rings. The van der Waals surface area contributed by atoms with Gasteiger partial charge in [-0.15, -0.1) is 0 Å². The molecule has 0 atom stereocenters. The molecule has 0 aliphatic carbocycles. The number of hydrogen-bond donors (Lipinski definition) is 1. The van der Waals surface area contributed by atoms with Crippen molar-refractivity contribution < 1.29 is 23.6 Å². The van der Waals surface area contributed by atoms with Crippen molar-refractivity contribution in [3.05, 3.63) is 28.5 Å². The molecule has 0 bridgehead atoms. The standard InChI is InChI=1S/C9H7BClFO4/c11-7-4-8(12)6(3-5(7)9(13)14)10-15-1-2-16-10/h3-4H,1-2H2,(H,13,14). The Kier molecular flexibility index (Phi) is 3.14. The number of aromatic carboxylic acids is 1. The minimum absolute atomic E-state index is 0.0549. The number of rotatable bonds is 2. The van der Waals surface area contributed by atoms with Gasteiger partial charge in [0.25, 0.3) is 0 Å². The molecule has 1 saturated heterocycles. The molecule has 7 heteroatoms. The Morgan fingerprint density at radius 2 is 2.06 bits per heavy atom. The van der Waals surface area contributed by atoms with Crippen LogP contribution >= 0.6 is 11.6 Å². The van der Waals surface area contributed by atoms with Crippen molar-refractivity contribution in [1.82, 2.24) is 0 Å². The van der Waals surface area contributed by atoms with E-state index in [1.807, 2.05) is 0 Å². The lowest BCUT2D eigenvalue weighted by molar-refractivity contribution is 0.0697. The highest BCUT2D eigenvalue weighted by Crippen LogP contribution is 2.17. The van der Waals surface area contributed by atoms with Crippen LogP contribution in [-0.2, 0) is 9.31 Å². The summed E-state index contributed by atoms with van der Waals surface area (Å²) < 4.78 is 23.7. The zero-order chi connectivity index (χ0) is 11.7. The third-order valence-corrected chi connectivity index (χ3v) is 2.51. The summed E-state index contributed by atoms with van der Waals surface area (Å²) in [6.07, 6.45) is 0. The van der Waals surface area contributed by atoms with Crippen LogP contribution in [0.5, 0.6) is 0 Å². The molecule has 0 radical (unpaired) electrons. The molecule has 0 aromatic heterocycles. The van der Waals surface area contributed by atoms with Crippen molar-refractivity contribution in [3.8, 4) is 0 Å². The average Bonchev–Trinajstić information content (AvgIpc) is 2.70. The van der Waals surface area contributed by atoms with E-state index in [0.29, 0.717) is 13.2 Å². The molecule has 84 valence electrons. The Morgan fingerprint density at radius 1 is 1.44 bits per heavy atom. The van der Waals surface area contributed by atoms with Crippen LogP contribution in [0.2, 0.25) is 5.02 Å². The molecule has 4 nitrogen and oxygen atoms in total. The molecule has 1 N–H and O–H groups in total. The first-order chi connectivity index (χ1) is 7.59.